The molecule has 0 radical (unpaired) electrons. The van der Waals surface area contributed by atoms with Crippen molar-refractivity contribution in [3.8, 4) is 0 Å². The molecule has 4 nitrogen and oxygen atoms in total. The number of hydrogen-bond acceptors (Lipinski definition) is 3. The number of anilines is 1. The molecule has 20 heavy (non-hydrogen) atoms. The summed E-state index contributed by atoms with van der Waals surface area (Å²) in [5.41, 5.74) is -0.779. The van der Waals surface area contributed by atoms with Crippen LogP contribution < -0.4 is 5.32 Å². The molecule has 0 fully saturated rings. The summed E-state index contributed by atoms with van der Waals surface area (Å²) < 4.78 is 37.9. The Morgan fingerprint density at radius 3 is 2.55 bits per heavy atom. The number of halogens is 3. The fourth-order valence-corrected chi connectivity index (χ4v) is 1.76. The van der Waals surface area contributed by atoms with Crippen molar-refractivity contribution in [1.82, 2.24) is 0 Å². The molecule has 1 unspecified atom stereocenters. The highest BCUT2D eigenvalue weighted by Gasteiger charge is 2.31. The van der Waals surface area contributed by atoms with Gasteiger partial charge in [-0.3, -0.25) is 4.79 Å². The number of carbonyl (C=O) groups excluding carboxylic acids is 1. The molecule has 0 saturated heterocycles. The number of carbonyl (C=O) groups is 1. The Labute approximate surface area is 114 Å². The van der Waals surface area contributed by atoms with Crippen molar-refractivity contribution in [2.45, 2.75) is 32.0 Å². The third kappa shape index (κ3) is 4.50. The molecule has 112 valence electrons. The second-order valence-electron chi connectivity index (χ2n) is 4.36. The van der Waals surface area contributed by atoms with E-state index < -0.39 is 23.8 Å². The first-order chi connectivity index (χ1) is 9.25. The molecule has 3 N–H and O–H groups in total. The van der Waals surface area contributed by atoms with Crippen LogP contribution in [-0.4, -0.2) is 22.7 Å². The first kappa shape index (κ1) is 16.5. The summed E-state index contributed by atoms with van der Waals surface area (Å²) in [6, 6.07) is 2.78. The average Bonchev–Trinajstić information content (AvgIpc) is 2.34. The zero-order chi connectivity index (χ0) is 15.3. The molecule has 1 aromatic rings. The second-order valence-corrected chi connectivity index (χ2v) is 4.36. The highest BCUT2D eigenvalue weighted by Crippen LogP contribution is 2.34. The highest BCUT2D eigenvalue weighted by atomic mass is 19.4. The lowest BCUT2D eigenvalue weighted by Crippen LogP contribution is -2.13. The van der Waals surface area contributed by atoms with Crippen LogP contribution in [0, 0.1) is 0 Å². The fraction of sp³-hybridized carbons (Fsp3) is 0.462. The van der Waals surface area contributed by atoms with Crippen molar-refractivity contribution >= 4 is 11.6 Å². The van der Waals surface area contributed by atoms with Crippen LogP contribution >= 0.6 is 0 Å². The van der Waals surface area contributed by atoms with Gasteiger partial charge in [0.15, 0.2) is 0 Å². The molecule has 1 aromatic carbocycles. The quantitative estimate of drug-likeness (QED) is 0.780. The lowest BCUT2D eigenvalue weighted by molar-refractivity contribution is -0.137. The van der Waals surface area contributed by atoms with Gasteiger partial charge in [-0.1, -0.05) is 6.07 Å². The van der Waals surface area contributed by atoms with Gasteiger partial charge in [0, 0.05) is 24.8 Å². The van der Waals surface area contributed by atoms with Gasteiger partial charge in [0.25, 0.3) is 0 Å². The van der Waals surface area contributed by atoms with E-state index in [1.165, 1.54) is 6.92 Å². The first-order valence-electron chi connectivity index (χ1n) is 6.03. The van der Waals surface area contributed by atoms with E-state index in [0.717, 1.165) is 18.2 Å². The van der Waals surface area contributed by atoms with Crippen LogP contribution in [0.1, 0.15) is 37.0 Å². The van der Waals surface area contributed by atoms with Gasteiger partial charge in [-0.15, -0.1) is 0 Å². The lowest BCUT2D eigenvalue weighted by Gasteiger charge is -2.17. The van der Waals surface area contributed by atoms with Crippen LogP contribution in [0.3, 0.4) is 0 Å². The van der Waals surface area contributed by atoms with Crippen molar-refractivity contribution < 1.29 is 28.2 Å². The number of amides is 1. The van der Waals surface area contributed by atoms with Crippen LogP contribution in [0.2, 0.25) is 0 Å². The number of benzene rings is 1. The predicted octanol–water partition coefficient (Wildman–Crippen LogP) is 2.47. The van der Waals surface area contributed by atoms with Crippen LogP contribution in [0.25, 0.3) is 0 Å². The number of hydrogen-bond donors (Lipinski definition) is 3. The van der Waals surface area contributed by atoms with Gasteiger partial charge in [-0.05, 0) is 25.0 Å². The number of aliphatic hydroxyl groups is 2. The van der Waals surface area contributed by atoms with E-state index in [4.69, 9.17) is 5.11 Å². The highest BCUT2D eigenvalue weighted by molar-refractivity contribution is 5.89. The molecule has 0 aliphatic carbocycles. The van der Waals surface area contributed by atoms with Gasteiger partial charge in [0.05, 0.1) is 11.7 Å². The van der Waals surface area contributed by atoms with Gasteiger partial charge >= 0.3 is 6.18 Å². The van der Waals surface area contributed by atoms with Crippen molar-refractivity contribution in [2.75, 3.05) is 11.9 Å². The molecule has 0 spiro atoms. The first-order valence-corrected chi connectivity index (χ1v) is 6.03. The summed E-state index contributed by atoms with van der Waals surface area (Å²) >= 11 is 0. The van der Waals surface area contributed by atoms with Gasteiger partial charge in [-0.25, -0.2) is 0 Å². The third-order valence-electron chi connectivity index (χ3n) is 2.69. The zero-order valence-corrected chi connectivity index (χ0v) is 10.9. The summed E-state index contributed by atoms with van der Waals surface area (Å²) in [7, 11) is 0. The summed E-state index contributed by atoms with van der Waals surface area (Å²) in [6.45, 7) is 1.04. The van der Waals surface area contributed by atoms with Gasteiger partial charge < -0.3 is 15.5 Å². The molecule has 0 saturated carbocycles. The maximum Gasteiger partial charge on any atom is 0.416 e. The maximum absolute atomic E-state index is 12.6. The van der Waals surface area contributed by atoms with Gasteiger partial charge in [0.1, 0.15) is 0 Å². The van der Waals surface area contributed by atoms with Crippen molar-refractivity contribution in [3.63, 3.8) is 0 Å². The smallest absolute Gasteiger partial charge is 0.396 e. The van der Waals surface area contributed by atoms with E-state index in [0.29, 0.717) is 6.42 Å². The van der Waals surface area contributed by atoms with Crippen molar-refractivity contribution in [1.29, 1.82) is 0 Å². The summed E-state index contributed by atoms with van der Waals surface area (Å²) in [5.74, 6) is -0.528. The molecule has 0 heterocycles. The summed E-state index contributed by atoms with van der Waals surface area (Å²) in [5, 5.41) is 20.9. The second kappa shape index (κ2) is 6.71. The third-order valence-corrected chi connectivity index (χ3v) is 2.69. The van der Waals surface area contributed by atoms with Crippen molar-refractivity contribution in [3.05, 3.63) is 29.3 Å². The molecular weight excluding hydrogens is 275 g/mol. The minimum Gasteiger partial charge on any atom is -0.396 e. The Morgan fingerprint density at radius 2 is 2.05 bits per heavy atom. The van der Waals surface area contributed by atoms with Crippen molar-refractivity contribution in [2.24, 2.45) is 0 Å². The topological polar surface area (TPSA) is 69.6 Å². The molecule has 1 rings (SSSR count). The minimum atomic E-state index is -4.53. The largest absolute Gasteiger partial charge is 0.416 e. The number of aliphatic hydroxyl groups excluding tert-OH is 2. The number of alkyl halides is 3. The molecule has 0 bridgehead atoms. The molecule has 7 heteroatoms. The monoisotopic (exact) mass is 291 g/mol. The lowest BCUT2D eigenvalue weighted by atomic mass is 10.0. The molecule has 0 aliphatic rings. The molecular formula is C13H16F3NO3. The van der Waals surface area contributed by atoms with E-state index in [1.54, 1.807) is 0 Å². The normalized spacial score (nSPS) is 13.1. The van der Waals surface area contributed by atoms with Crippen LogP contribution in [0.15, 0.2) is 18.2 Å². The van der Waals surface area contributed by atoms with E-state index in [9.17, 15) is 23.1 Å². The number of rotatable bonds is 5. The maximum atomic E-state index is 12.6. The van der Waals surface area contributed by atoms with E-state index in [2.05, 4.69) is 5.32 Å². The van der Waals surface area contributed by atoms with E-state index in [-0.39, 0.29) is 24.3 Å². The van der Waals surface area contributed by atoms with E-state index >= 15 is 0 Å². The molecule has 1 amide bonds. The predicted molar refractivity (Wildman–Crippen MR) is 67.0 cm³/mol. The Balaban J connectivity index is 3.12. The van der Waals surface area contributed by atoms with Gasteiger partial charge in [0.2, 0.25) is 5.91 Å². The van der Waals surface area contributed by atoms with Crippen LogP contribution in [0.4, 0.5) is 18.9 Å². The van der Waals surface area contributed by atoms with Gasteiger partial charge in [-0.2, -0.15) is 13.2 Å². The Bertz CT molecular complexity index is 474. The molecule has 0 aromatic heterocycles. The zero-order valence-electron chi connectivity index (χ0n) is 10.9. The Morgan fingerprint density at radius 1 is 1.40 bits per heavy atom. The molecule has 1 atom stereocenters. The van der Waals surface area contributed by atoms with E-state index in [1.807, 2.05) is 0 Å². The average molecular weight is 291 g/mol. The Hall–Kier alpha value is -1.60. The summed E-state index contributed by atoms with van der Waals surface area (Å²) in [4.78, 5) is 11.0. The van der Waals surface area contributed by atoms with Crippen LogP contribution in [-0.2, 0) is 11.0 Å². The SMILES string of the molecule is CC(=O)Nc1cc(C(F)(F)F)ccc1C(O)CCCO. The molecule has 0 aliphatic heterocycles. The summed E-state index contributed by atoms with van der Waals surface area (Å²) in [6.07, 6.45) is -5.08. The fourth-order valence-electron chi connectivity index (χ4n) is 1.76. The van der Waals surface area contributed by atoms with Crippen LogP contribution in [0.5, 0.6) is 0 Å². The standard InChI is InChI=1S/C13H16F3NO3/c1-8(19)17-11-7-9(13(14,15)16)4-5-10(11)12(20)3-2-6-18/h4-5,7,12,18,20H,2-3,6H2,1H3,(H,17,19). The number of nitrogens with one attached hydrogen (secondary N) is 1. The Kier molecular flexibility index (Phi) is 5.52. The minimum absolute atomic E-state index is 0.0715.